The fourth-order valence-electron chi connectivity index (χ4n) is 4.32. The van der Waals surface area contributed by atoms with Crippen LogP contribution in [0.1, 0.15) is 16.7 Å². The number of nitrogens with one attached hydrogen (secondary N) is 2. The number of hydrogen-bond donors (Lipinski definition) is 3. The summed E-state index contributed by atoms with van der Waals surface area (Å²) in [6, 6.07) is 26.4. The molecule has 3 N–H and O–H groups in total. The van der Waals surface area contributed by atoms with Crippen LogP contribution in [0.3, 0.4) is 0 Å². The predicted molar refractivity (Wildman–Crippen MR) is 162 cm³/mol. The Labute approximate surface area is 239 Å². The van der Waals surface area contributed by atoms with E-state index in [1.54, 1.807) is 0 Å². The SMILES string of the molecule is Cc1c(COc2ccc(CNCCO)cc2Br)cccc1-c1cccc2c(Nc3ccccc3Cl)nsc12. The number of para-hydroxylation sites is 1. The van der Waals surface area contributed by atoms with E-state index in [-0.39, 0.29) is 6.61 Å². The van der Waals surface area contributed by atoms with E-state index in [4.69, 9.17) is 25.8 Å². The summed E-state index contributed by atoms with van der Waals surface area (Å²) in [7, 11) is 0. The number of aromatic nitrogens is 1. The standard InChI is InChI=1S/C30H27BrClN3O2S/c1-19-21(18-37-28-13-12-20(16-25(28)31)17-33-14-15-36)6-4-7-22(19)23-8-5-9-24-29(23)38-35-30(24)34-27-11-3-2-10-26(27)32/h2-13,16,33,36H,14-15,17-18H2,1H3,(H,34,35). The maximum atomic E-state index is 8.95. The van der Waals surface area contributed by atoms with Crippen molar-refractivity contribution in [2.45, 2.75) is 20.1 Å². The smallest absolute Gasteiger partial charge is 0.152 e. The van der Waals surface area contributed by atoms with Crippen LogP contribution in [0.5, 0.6) is 5.75 Å². The molecule has 0 saturated carbocycles. The van der Waals surface area contributed by atoms with Crippen molar-refractivity contribution in [1.82, 2.24) is 9.69 Å². The first-order valence-electron chi connectivity index (χ1n) is 12.3. The van der Waals surface area contributed by atoms with Crippen molar-refractivity contribution in [2.75, 3.05) is 18.5 Å². The summed E-state index contributed by atoms with van der Waals surface area (Å²) >= 11 is 11.5. The van der Waals surface area contributed by atoms with Crippen molar-refractivity contribution in [2.24, 2.45) is 0 Å². The Morgan fingerprint density at radius 3 is 2.63 bits per heavy atom. The molecular formula is C30H27BrClN3O2S. The number of benzene rings is 4. The van der Waals surface area contributed by atoms with E-state index >= 15 is 0 Å². The second-order valence-electron chi connectivity index (χ2n) is 8.86. The minimum absolute atomic E-state index is 0.124. The van der Waals surface area contributed by atoms with Gasteiger partial charge in [-0.3, -0.25) is 0 Å². The van der Waals surface area contributed by atoms with Gasteiger partial charge in [-0.25, -0.2) is 0 Å². The average Bonchev–Trinajstić information content (AvgIpc) is 3.33. The lowest BCUT2D eigenvalue weighted by atomic mass is 9.96. The summed E-state index contributed by atoms with van der Waals surface area (Å²) < 4.78 is 12.9. The van der Waals surface area contributed by atoms with E-state index in [0.29, 0.717) is 24.7 Å². The summed E-state index contributed by atoms with van der Waals surface area (Å²) in [5.41, 5.74) is 6.56. The largest absolute Gasteiger partial charge is 0.488 e. The number of anilines is 2. The molecule has 4 aromatic carbocycles. The number of hydrogen-bond acceptors (Lipinski definition) is 6. The summed E-state index contributed by atoms with van der Waals surface area (Å²) in [5, 5.41) is 17.3. The highest BCUT2D eigenvalue weighted by Crippen LogP contribution is 2.39. The molecule has 1 heterocycles. The quantitative estimate of drug-likeness (QED) is 0.140. The molecule has 0 aliphatic rings. The molecule has 0 aliphatic heterocycles. The number of halogens is 2. The first-order chi connectivity index (χ1) is 18.5. The first kappa shape index (κ1) is 26.7. The van der Waals surface area contributed by atoms with Crippen molar-refractivity contribution in [3.05, 3.63) is 105 Å². The maximum Gasteiger partial charge on any atom is 0.152 e. The molecule has 0 radical (unpaired) electrons. The molecule has 0 amide bonds. The average molecular weight is 609 g/mol. The minimum atomic E-state index is 0.124. The molecule has 0 aliphatic carbocycles. The summed E-state index contributed by atoms with van der Waals surface area (Å²) in [5.74, 6) is 1.59. The van der Waals surface area contributed by atoms with Gasteiger partial charge >= 0.3 is 0 Å². The van der Waals surface area contributed by atoms with Crippen LogP contribution in [0.25, 0.3) is 21.2 Å². The first-order valence-corrected chi connectivity index (χ1v) is 14.2. The number of aliphatic hydroxyl groups is 1. The highest BCUT2D eigenvalue weighted by atomic mass is 79.9. The van der Waals surface area contributed by atoms with Gasteiger partial charge in [-0.15, -0.1) is 0 Å². The number of rotatable bonds is 10. The van der Waals surface area contributed by atoms with Gasteiger partial charge < -0.3 is 20.5 Å². The molecule has 0 unspecified atom stereocenters. The number of aliphatic hydroxyl groups excluding tert-OH is 1. The highest BCUT2D eigenvalue weighted by molar-refractivity contribution is 9.10. The lowest BCUT2D eigenvalue weighted by Gasteiger charge is -2.15. The molecule has 5 rings (SSSR count). The second-order valence-corrected chi connectivity index (χ2v) is 10.9. The van der Waals surface area contributed by atoms with Crippen LogP contribution >= 0.6 is 39.1 Å². The molecule has 194 valence electrons. The van der Waals surface area contributed by atoms with Crippen LogP contribution in [0.2, 0.25) is 5.02 Å². The van der Waals surface area contributed by atoms with E-state index in [9.17, 15) is 0 Å². The van der Waals surface area contributed by atoms with Crippen LogP contribution in [0, 0.1) is 6.92 Å². The Bertz CT molecular complexity index is 1570. The normalized spacial score (nSPS) is 11.2. The Balaban J connectivity index is 1.37. The number of ether oxygens (including phenoxy) is 1. The Kier molecular flexibility index (Phi) is 8.61. The van der Waals surface area contributed by atoms with Crippen LogP contribution in [0.4, 0.5) is 11.5 Å². The third kappa shape index (κ3) is 5.87. The van der Waals surface area contributed by atoms with Crippen molar-refractivity contribution in [1.29, 1.82) is 0 Å². The van der Waals surface area contributed by atoms with Crippen molar-refractivity contribution in [3.8, 4) is 16.9 Å². The van der Waals surface area contributed by atoms with Gasteiger partial charge in [0.15, 0.2) is 5.82 Å². The third-order valence-corrected chi connectivity index (χ3v) is 8.20. The van der Waals surface area contributed by atoms with E-state index in [1.165, 1.54) is 17.1 Å². The molecule has 0 spiro atoms. The van der Waals surface area contributed by atoms with Crippen molar-refractivity contribution < 1.29 is 9.84 Å². The third-order valence-electron chi connectivity index (χ3n) is 6.36. The highest BCUT2D eigenvalue weighted by Gasteiger charge is 2.15. The van der Waals surface area contributed by atoms with E-state index in [2.05, 4.69) is 69.9 Å². The zero-order chi connectivity index (χ0) is 26.5. The lowest BCUT2D eigenvalue weighted by molar-refractivity contribution is 0.292. The fourth-order valence-corrected chi connectivity index (χ4v) is 5.91. The second kappa shape index (κ2) is 12.3. The zero-order valence-electron chi connectivity index (χ0n) is 20.8. The Morgan fingerprint density at radius 1 is 1.00 bits per heavy atom. The predicted octanol–water partition coefficient (Wildman–Crippen LogP) is 8.09. The fraction of sp³-hybridized carbons (Fsp3) is 0.167. The van der Waals surface area contributed by atoms with Gasteiger partial charge in [0.05, 0.1) is 26.5 Å². The lowest BCUT2D eigenvalue weighted by Crippen LogP contribution is -2.17. The molecule has 8 heteroatoms. The molecule has 1 aromatic heterocycles. The van der Waals surface area contributed by atoms with Crippen LogP contribution < -0.4 is 15.4 Å². The molecule has 0 fully saturated rings. The monoisotopic (exact) mass is 607 g/mol. The molecule has 5 nitrogen and oxygen atoms in total. The summed E-state index contributed by atoms with van der Waals surface area (Å²) in [4.78, 5) is 0. The molecule has 0 bridgehead atoms. The summed E-state index contributed by atoms with van der Waals surface area (Å²) in [6.07, 6.45) is 0. The van der Waals surface area contributed by atoms with E-state index in [1.807, 2.05) is 42.5 Å². The Morgan fingerprint density at radius 2 is 1.82 bits per heavy atom. The van der Waals surface area contributed by atoms with Gasteiger partial charge in [-0.05, 0) is 87.0 Å². The van der Waals surface area contributed by atoms with Gasteiger partial charge in [-0.2, -0.15) is 4.37 Å². The molecular weight excluding hydrogens is 582 g/mol. The molecule has 0 saturated heterocycles. The topological polar surface area (TPSA) is 66.4 Å². The summed E-state index contributed by atoms with van der Waals surface area (Å²) in [6.45, 7) is 3.98. The van der Waals surface area contributed by atoms with Gasteiger partial charge in [0.25, 0.3) is 0 Å². The maximum absolute atomic E-state index is 8.95. The number of nitrogens with zero attached hydrogens (tertiary/aromatic N) is 1. The van der Waals surface area contributed by atoms with Gasteiger partial charge in [0.2, 0.25) is 0 Å². The van der Waals surface area contributed by atoms with Crippen LogP contribution in [-0.2, 0) is 13.2 Å². The van der Waals surface area contributed by atoms with Gasteiger partial charge in [0, 0.05) is 24.0 Å². The van der Waals surface area contributed by atoms with E-state index in [0.717, 1.165) is 54.1 Å². The van der Waals surface area contributed by atoms with E-state index < -0.39 is 0 Å². The van der Waals surface area contributed by atoms with Crippen molar-refractivity contribution in [3.63, 3.8) is 0 Å². The van der Waals surface area contributed by atoms with Crippen molar-refractivity contribution >= 4 is 60.7 Å². The molecule has 38 heavy (non-hydrogen) atoms. The zero-order valence-corrected chi connectivity index (χ0v) is 24.0. The van der Waals surface area contributed by atoms with Crippen LogP contribution in [-0.4, -0.2) is 22.6 Å². The molecule has 0 atom stereocenters. The number of fused-ring (bicyclic) bond motifs is 1. The van der Waals surface area contributed by atoms with Gasteiger partial charge in [0.1, 0.15) is 12.4 Å². The minimum Gasteiger partial charge on any atom is -0.488 e. The molecule has 5 aromatic rings. The van der Waals surface area contributed by atoms with Crippen LogP contribution in [0.15, 0.2) is 83.3 Å². The Hall–Kier alpha value is -2.94. The van der Waals surface area contributed by atoms with Gasteiger partial charge in [-0.1, -0.05) is 60.1 Å².